The topological polar surface area (TPSA) is 54.5 Å². The van der Waals surface area contributed by atoms with E-state index in [0.29, 0.717) is 25.2 Å². The van der Waals surface area contributed by atoms with Crippen molar-refractivity contribution < 1.29 is 22.7 Å². The summed E-state index contributed by atoms with van der Waals surface area (Å²) < 4.78 is 43.1. The summed E-state index contributed by atoms with van der Waals surface area (Å²) in [7, 11) is 0. The van der Waals surface area contributed by atoms with Crippen LogP contribution < -0.4 is 10.2 Å². The molecule has 1 aliphatic rings. The van der Waals surface area contributed by atoms with Crippen LogP contribution in [-0.4, -0.2) is 35.3 Å². The van der Waals surface area contributed by atoms with Crippen molar-refractivity contribution in [3.63, 3.8) is 0 Å². The Morgan fingerprint density at radius 3 is 2.48 bits per heavy atom. The lowest BCUT2D eigenvalue weighted by Gasteiger charge is -2.38. The second kappa shape index (κ2) is 7.09. The first-order valence-corrected chi connectivity index (χ1v) is 8.25. The number of alkyl halides is 3. The number of piperidine rings is 1. The molecule has 1 saturated heterocycles. The van der Waals surface area contributed by atoms with E-state index >= 15 is 0 Å². The van der Waals surface area contributed by atoms with E-state index in [1.54, 1.807) is 20.8 Å². The molecule has 2 heterocycles. The summed E-state index contributed by atoms with van der Waals surface area (Å²) in [5.41, 5.74) is -1.31. The fourth-order valence-electron chi connectivity index (χ4n) is 2.84. The standard InChI is InChI=1S/C17H24F3N3O2/c1-11-9-13(22-15(24)25-16(2,3)4)7-8-23(11)14-6-5-12(10-21-14)17(18,19)20/h5-6,10-11,13H,7-9H2,1-4H3,(H,22,24). The minimum absolute atomic E-state index is 0.0319. The summed E-state index contributed by atoms with van der Waals surface area (Å²) in [6.07, 6.45) is -2.64. The van der Waals surface area contributed by atoms with Gasteiger partial charge in [-0.1, -0.05) is 0 Å². The molecular weight excluding hydrogens is 335 g/mol. The number of ether oxygens (including phenoxy) is 1. The maximum atomic E-state index is 12.6. The SMILES string of the molecule is CC1CC(NC(=O)OC(C)(C)C)CCN1c1ccc(C(F)(F)F)cn1. The highest BCUT2D eigenvalue weighted by Gasteiger charge is 2.32. The van der Waals surface area contributed by atoms with Crippen LogP contribution in [0.2, 0.25) is 0 Å². The lowest BCUT2D eigenvalue weighted by atomic mass is 9.98. The molecule has 0 aliphatic carbocycles. The summed E-state index contributed by atoms with van der Waals surface area (Å²) in [5, 5.41) is 2.85. The predicted molar refractivity (Wildman–Crippen MR) is 88.4 cm³/mol. The first kappa shape index (κ1) is 19.3. The minimum atomic E-state index is -4.39. The van der Waals surface area contributed by atoms with Gasteiger partial charge < -0.3 is 15.0 Å². The number of hydrogen-bond donors (Lipinski definition) is 1. The lowest BCUT2D eigenvalue weighted by molar-refractivity contribution is -0.137. The first-order valence-electron chi connectivity index (χ1n) is 8.25. The predicted octanol–water partition coefficient (Wildman–Crippen LogP) is 3.98. The van der Waals surface area contributed by atoms with Gasteiger partial charge in [-0.3, -0.25) is 0 Å². The van der Waals surface area contributed by atoms with Crippen LogP contribution in [0.5, 0.6) is 0 Å². The number of aromatic nitrogens is 1. The van der Waals surface area contributed by atoms with Gasteiger partial charge in [0, 0.05) is 24.8 Å². The molecule has 0 bridgehead atoms. The monoisotopic (exact) mass is 359 g/mol. The Kier molecular flexibility index (Phi) is 5.49. The number of hydrogen-bond acceptors (Lipinski definition) is 4. The molecule has 0 spiro atoms. The van der Waals surface area contributed by atoms with Gasteiger partial charge in [-0.15, -0.1) is 0 Å². The Labute approximate surface area is 145 Å². The molecule has 2 atom stereocenters. The third-order valence-electron chi connectivity index (χ3n) is 3.97. The van der Waals surface area contributed by atoms with Gasteiger partial charge in [0.1, 0.15) is 11.4 Å². The van der Waals surface area contributed by atoms with E-state index < -0.39 is 23.4 Å². The van der Waals surface area contributed by atoms with Crippen LogP contribution >= 0.6 is 0 Å². The summed E-state index contributed by atoms with van der Waals surface area (Å²) >= 11 is 0. The molecule has 5 nitrogen and oxygen atoms in total. The van der Waals surface area contributed by atoms with E-state index in [1.165, 1.54) is 6.07 Å². The van der Waals surface area contributed by atoms with E-state index in [2.05, 4.69) is 10.3 Å². The summed E-state index contributed by atoms with van der Waals surface area (Å²) in [6.45, 7) is 7.96. The van der Waals surface area contributed by atoms with Crippen LogP contribution in [0.4, 0.5) is 23.8 Å². The maximum Gasteiger partial charge on any atom is 0.417 e. The summed E-state index contributed by atoms with van der Waals surface area (Å²) in [4.78, 5) is 17.8. The average molecular weight is 359 g/mol. The number of rotatable bonds is 2. The van der Waals surface area contributed by atoms with E-state index in [9.17, 15) is 18.0 Å². The van der Waals surface area contributed by atoms with Gasteiger partial charge in [-0.25, -0.2) is 9.78 Å². The highest BCUT2D eigenvalue weighted by molar-refractivity contribution is 5.68. The summed E-state index contributed by atoms with van der Waals surface area (Å²) in [6, 6.07) is 2.44. The lowest BCUT2D eigenvalue weighted by Crippen LogP contribution is -2.50. The van der Waals surface area contributed by atoms with Crippen LogP contribution in [0.15, 0.2) is 18.3 Å². The van der Waals surface area contributed by atoms with Crippen molar-refractivity contribution in [2.75, 3.05) is 11.4 Å². The maximum absolute atomic E-state index is 12.6. The van der Waals surface area contributed by atoms with Crippen LogP contribution in [0.1, 0.15) is 46.1 Å². The van der Waals surface area contributed by atoms with Gasteiger partial charge in [-0.05, 0) is 52.7 Å². The number of nitrogens with zero attached hydrogens (tertiary/aromatic N) is 2. The normalized spacial score (nSPS) is 21.8. The zero-order valence-electron chi connectivity index (χ0n) is 14.9. The smallest absolute Gasteiger partial charge is 0.417 e. The van der Waals surface area contributed by atoms with E-state index in [0.717, 1.165) is 12.3 Å². The number of carbonyl (C=O) groups is 1. The average Bonchev–Trinajstić information content (AvgIpc) is 2.44. The zero-order chi connectivity index (χ0) is 18.8. The number of pyridine rings is 1. The molecule has 25 heavy (non-hydrogen) atoms. The Hall–Kier alpha value is -1.99. The number of nitrogens with one attached hydrogen (secondary N) is 1. The van der Waals surface area contributed by atoms with Crippen molar-refractivity contribution in [1.29, 1.82) is 0 Å². The van der Waals surface area contributed by atoms with Crippen molar-refractivity contribution in [1.82, 2.24) is 10.3 Å². The molecule has 1 N–H and O–H groups in total. The molecule has 0 aromatic carbocycles. The quantitative estimate of drug-likeness (QED) is 0.868. The van der Waals surface area contributed by atoms with E-state index in [4.69, 9.17) is 4.74 Å². The number of alkyl carbamates (subject to hydrolysis) is 1. The molecule has 1 amide bonds. The second-order valence-corrected chi connectivity index (χ2v) is 7.31. The van der Waals surface area contributed by atoms with Gasteiger partial charge in [0.2, 0.25) is 0 Å². The van der Waals surface area contributed by atoms with Gasteiger partial charge in [0.15, 0.2) is 0 Å². The zero-order valence-corrected chi connectivity index (χ0v) is 14.9. The largest absolute Gasteiger partial charge is 0.444 e. The third-order valence-corrected chi connectivity index (χ3v) is 3.97. The van der Waals surface area contributed by atoms with Crippen LogP contribution in [0.3, 0.4) is 0 Å². The van der Waals surface area contributed by atoms with Gasteiger partial charge in [-0.2, -0.15) is 13.2 Å². The Balaban J connectivity index is 1.94. The van der Waals surface area contributed by atoms with Crippen molar-refractivity contribution in [3.05, 3.63) is 23.9 Å². The highest BCUT2D eigenvalue weighted by Crippen LogP contribution is 2.30. The van der Waals surface area contributed by atoms with Gasteiger partial charge >= 0.3 is 12.3 Å². The van der Waals surface area contributed by atoms with Crippen LogP contribution in [-0.2, 0) is 10.9 Å². The Morgan fingerprint density at radius 1 is 1.32 bits per heavy atom. The molecular formula is C17H24F3N3O2. The fourth-order valence-corrected chi connectivity index (χ4v) is 2.84. The van der Waals surface area contributed by atoms with Crippen molar-refractivity contribution in [2.45, 2.75) is 64.4 Å². The van der Waals surface area contributed by atoms with Crippen LogP contribution in [0, 0.1) is 0 Å². The fraction of sp³-hybridized carbons (Fsp3) is 0.647. The first-order chi connectivity index (χ1) is 11.5. The minimum Gasteiger partial charge on any atom is -0.444 e. The van der Waals surface area contributed by atoms with Crippen molar-refractivity contribution >= 4 is 11.9 Å². The molecule has 1 aromatic heterocycles. The molecule has 1 aromatic rings. The molecule has 1 fully saturated rings. The summed E-state index contributed by atoms with van der Waals surface area (Å²) in [5.74, 6) is 0.510. The molecule has 0 saturated carbocycles. The molecule has 2 rings (SSSR count). The van der Waals surface area contributed by atoms with Gasteiger partial charge in [0.25, 0.3) is 0 Å². The molecule has 1 aliphatic heterocycles. The van der Waals surface area contributed by atoms with Crippen molar-refractivity contribution in [2.24, 2.45) is 0 Å². The van der Waals surface area contributed by atoms with E-state index in [-0.39, 0.29) is 12.1 Å². The Bertz CT molecular complexity index is 597. The van der Waals surface area contributed by atoms with Crippen molar-refractivity contribution in [3.8, 4) is 0 Å². The van der Waals surface area contributed by atoms with E-state index in [1.807, 2.05) is 11.8 Å². The Morgan fingerprint density at radius 2 is 2.00 bits per heavy atom. The second-order valence-electron chi connectivity index (χ2n) is 7.31. The van der Waals surface area contributed by atoms with Crippen LogP contribution in [0.25, 0.3) is 0 Å². The molecule has 140 valence electrons. The highest BCUT2D eigenvalue weighted by atomic mass is 19.4. The number of amides is 1. The molecule has 0 radical (unpaired) electrons. The van der Waals surface area contributed by atoms with Gasteiger partial charge in [0.05, 0.1) is 5.56 Å². The molecule has 8 heteroatoms. The number of carbonyl (C=O) groups excluding carboxylic acids is 1. The molecule has 2 unspecified atom stereocenters. The third kappa shape index (κ3) is 5.51. The number of halogens is 3. The number of anilines is 1.